The van der Waals surface area contributed by atoms with Crippen LogP contribution in [0.15, 0.2) is 22.7 Å². The Hall–Kier alpha value is -1.79. The maximum atomic E-state index is 10.7. The highest BCUT2D eigenvalue weighted by Gasteiger charge is 2.17. The predicted octanol–water partition coefficient (Wildman–Crippen LogP) is 3.14. The second-order valence-electron chi connectivity index (χ2n) is 3.17. The van der Waals surface area contributed by atoms with Gasteiger partial charge in [-0.1, -0.05) is 28.4 Å². The van der Waals surface area contributed by atoms with E-state index in [1.165, 1.54) is 18.2 Å². The summed E-state index contributed by atoms with van der Waals surface area (Å²) >= 11 is 11.6. The molecule has 0 saturated heterocycles. The van der Waals surface area contributed by atoms with Crippen molar-refractivity contribution in [2.75, 3.05) is 5.73 Å². The van der Waals surface area contributed by atoms with Gasteiger partial charge >= 0.3 is 0 Å². The third kappa shape index (κ3) is 2.17. The predicted molar refractivity (Wildman–Crippen MR) is 63.0 cm³/mol. The second-order valence-corrected chi connectivity index (χ2v) is 3.98. The molecule has 1 heterocycles. The Morgan fingerprint density at radius 3 is 2.59 bits per heavy atom. The molecule has 0 amide bonds. The van der Waals surface area contributed by atoms with Crippen molar-refractivity contribution in [3.8, 4) is 11.3 Å². The fraction of sp³-hybridized carbons (Fsp3) is 0. The summed E-state index contributed by atoms with van der Waals surface area (Å²) in [5.41, 5.74) is 5.59. The van der Waals surface area contributed by atoms with Crippen LogP contribution in [-0.2, 0) is 0 Å². The monoisotopic (exact) mass is 273 g/mol. The van der Waals surface area contributed by atoms with Gasteiger partial charge in [0.1, 0.15) is 5.02 Å². The molecular weight excluding hydrogens is 269 g/mol. The number of benzene rings is 1. The number of hydrogen-bond donors (Lipinski definition) is 1. The molecule has 0 saturated carbocycles. The van der Waals surface area contributed by atoms with Crippen LogP contribution in [0.4, 0.5) is 11.5 Å². The Labute approximate surface area is 105 Å². The molecule has 0 spiro atoms. The Bertz CT molecular complexity index is 597. The third-order valence-electron chi connectivity index (χ3n) is 2.02. The highest BCUT2D eigenvalue weighted by molar-refractivity contribution is 6.35. The molecule has 0 unspecified atom stereocenters. The molecule has 0 aliphatic heterocycles. The summed E-state index contributed by atoms with van der Waals surface area (Å²) in [6.07, 6.45) is 0. The minimum absolute atomic E-state index is 0.0179. The number of aromatic nitrogens is 1. The zero-order valence-corrected chi connectivity index (χ0v) is 9.70. The molecule has 0 radical (unpaired) electrons. The molecule has 6 nitrogen and oxygen atoms in total. The molecule has 1 aromatic carbocycles. The topological polar surface area (TPSA) is 95.2 Å². The van der Waals surface area contributed by atoms with Crippen LogP contribution in [0.2, 0.25) is 10.0 Å². The van der Waals surface area contributed by atoms with E-state index in [-0.39, 0.29) is 27.3 Å². The first kappa shape index (κ1) is 11.7. The van der Waals surface area contributed by atoms with Crippen LogP contribution in [0.5, 0.6) is 0 Å². The minimum Gasteiger partial charge on any atom is -0.380 e. The number of nitro benzene ring substituents is 1. The van der Waals surface area contributed by atoms with Crippen molar-refractivity contribution in [3.63, 3.8) is 0 Å². The Morgan fingerprint density at radius 1 is 1.35 bits per heavy atom. The fourth-order valence-corrected chi connectivity index (χ4v) is 1.69. The van der Waals surface area contributed by atoms with Gasteiger partial charge < -0.3 is 10.3 Å². The van der Waals surface area contributed by atoms with E-state index in [2.05, 4.69) is 5.16 Å². The number of nitrogens with two attached hydrogens (primary N) is 1. The number of nitrogens with zero attached hydrogens (tertiary/aromatic N) is 2. The van der Waals surface area contributed by atoms with Gasteiger partial charge in [0.25, 0.3) is 5.69 Å². The number of anilines is 1. The van der Waals surface area contributed by atoms with Crippen molar-refractivity contribution >= 4 is 34.7 Å². The van der Waals surface area contributed by atoms with Gasteiger partial charge in [-0.25, -0.2) is 0 Å². The van der Waals surface area contributed by atoms with Crippen molar-refractivity contribution in [1.82, 2.24) is 5.16 Å². The molecule has 8 heteroatoms. The van der Waals surface area contributed by atoms with Gasteiger partial charge in [-0.2, -0.15) is 0 Å². The van der Waals surface area contributed by atoms with Gasteiger partial charge in [0, 0.05) is 22.7 Å². The molecule has 2 aromatic rings. The lowest BCUT2D eigenvalue weighted by atomic mass is 10.1. The molecule has 0 aliphatic rings. The van der Waals surface area contributed by atoms with Crippen LogP contribution < -0.4 is 5.73 Å². The van der Waals surface area contributed by atoms with Crippen LogP contribution in [0.3, 0.4) is 0 Å². The van der Waals surface area contributed by atoms with Gasteiger partial charge in [-0.3, -0.25) is 10.1 Å². The number of nitrogen functional groups attached to an aromatic ring is 1. The first-order valence-corrected chi connectivity index (χ1v) is 5.10. The minimum atomic E-state index is -0.566. The van der Waals surface area contributed by atoms with E-state index in [1.807, 2.05) is 0 Å². The first-order valence-electron chi connectivity index (χ1n) is 4.35. The van der Waals surface area contributed by atoms with E-state index in [4.69, 9.17) is 33.5 Å². The van der Waals surface area contributed by atoms with Crippen molar-refractivity contribution in [3.05, 3.63) is 38.4 Å². The Balaban J connectivity index is 2.60. The molecule has 2 rings (SSSR count). The quantitative estimate of drug-likeness (QED) is 0.670. The zero-order valence-electron chi connectivity index (χ0n) is 8.18. The van der Waals surface area contributed by atoms with Crippen molar-refractivity contribution in [2.45, 2.75) is 0 Å². The summed E-state index contributed by atoms with van der Waals surface area (Å²) in [4.78, 5) is 10.1. The number of non-ortho nitro benzene ring substituents is 1. The van der Waals surface area contributed by atoms with E-state index in [0.717, 1.165) is 0 Å². The molecule has 17 heavy (non-hydrogen) atoms. The Morgan fingerprint density at radius 2 is 2.06 bits per heavy atom. The van der Waals surface area contributed by atoms with E-state index < -0.39 is 4.92 Å². The fourth-order valence-electron chi connectivity index (χ4n) is 1.28. The van der Waals surface area contributed by atoms with Crippen LogP contribution in [0.25, 0.3) is 11.3 Å². The van der Waals surface area contributed by atoms with Crippen LogP contribution in [0.1, 0.15) is 0 Å². The lowest BCUT2D eigenvalue weighted by Gasteiger charge is -1.98. The summed E-state index contributed by atoms with van der Waals surface area (Å²) in [5.74, 6) is 0.166. The SMILES string of the molecule is Nc1noc(-c2cc(Cl)cc([N+](=O)[O-])c2)c1Cl. The average Bonchev–Trinajstić information content (AvgIpc) is 2.59. The molecule has 0 atom stereocenters. The number of rotatable bonds is 2. The molecule has 2 N–H and O–H groups in total. The Kier molecular flexibility index (Phi) is 2.91. The van der Waals surface area contributed by atoms with Gasteiger partial charge in [-0.05, 0) is 6.07 Å². The first-order chi connectivity index (χ1) is 7.99. The van der Waals surface area contributed by atoms with Crippen LogP contribution in [-0.4, -0.2) is 10.1 Å². The van der Waals surface area contributed by atoms with Gasteiger partial charge in [0.2, 0.25) is 0 Å². The van der Waals surface area contributed by atoms with Crippen molar-refractivity contribution < 1.29 is 9.45 Å². The van der Waals surface area contributed by atoms with Crippen LogP contribution >= 0.6 is 23.2 Å². The van der Waals surface area contributed by atoms with Gasteiger partial charge in [0.15, 0.2) is 11.6 Å². The number of nitro groups is 1. The molecule has 0 bridgehead atoms. The van der Waals surface area contributed by atoms with Crippen molar-refractivity contribution in [2.24, 2.45) is 0 Å². The van der Waals surface area contributed by atoms with Gasteiger partial charge in [0.05, 0.1) is 4.92 Å². The summed E-state index contributed by atoms with van der Waals surface area (Å²) in [6.45, 7) is 0. The van der Waals surface area contributed by atoms with Crippen LogP contribution in [0, 0.1) is 10.1 Å². The smallest absolute Gasteiger partial charge is 0.271 e. The summed E-state index contributed by atoms with van der Waals surface area (Å²) < 4.78 is 4.88. The second kappa shape index (κ2) is 4.23. The molecule has 88 valence electrons. The lowest BCUT2D eigenvalue weighted by molar-refractivity contribution is -0.384. The van der Waals surface area contributed by atoms with E-state index in [9.17, 15) is 10.1 Å². The lowest BCUT2D eigenvalue weighted by Crippen LogP contribution is -1.89. The average molecular weight is 274 g/mol. The summed E-state index contributed by atoms with van der Waals surface area (Å²) in [7, 11) is 0. The maximum absolute atomic E-state index is 10.7. The highest BCUT2D eigenvalue weighted by Crippen LogP contribution is 2.35. The largest absolute Gasteiger partial charge is 0.380 e. The van der Waals surface area contributed by atoms with E-state index >= 15 is 0 Å². The van der Waals surface area contributed by atoms with E-state index in [0.29, 0.717) is 5.56 Å². The molecule has 0 fully saturated rings. The van der Waals surface area contributed by atoms with E-state index in [1.54, 1.807) is 0 Å². The maximum Gasteiger partial charge on any atom is 0.271 e. The van der Waals surface area contributed by atoms with Crippen molar-refractivity contribution in [1.29, 1.82) is 0 Å². The number of hydrogen-bond acceptors (Lipinski definition) is 5. The standard InChI is InChI=1S/C9H5Cl2N3O3/c10-5-1-4(2-6(3-5)14(15)16)8-7(11)9(12)13-17-8/h1-3H,(H2,12,13). The third-order valence-corrected chi connectivity index (χ3v) is 2.60. The normalized spacial score (nSPS) is 10.5. The zero-order chi connectivity index (χ0) is 12.6. The summed E-state index contributed by atoms with van der Waals surface area (Å²) in [6, 6.07) is 3.97. The number of halogens is 2. The van der Waals surface area contributed by atoms with Gasteiger partial charge in [-0.15, -0.1) is 0 Å². The molecule has 1 aromatic heterocycles. The summed E-state index contributed by atoms with van der Waals surface area (Å²) in [5, 5.41) is 14.4. The molecular formula is C9H5Cl2N3O3. The highest BCUT2D eigenvalue weighted by atomic mass is 35.5. The molecule has 0 aliphatic carbocycles.